The summed E-state index contributed by atoms with van der Waals surface area (Å²) < 4.78 is 25.9. The lowest BCUT2D eigenvalue weighted by Gasteiger charge is -2.21. The molecule has 0 saturated carbocycles. The second-order valence-electron chi connectivity index (χ2n) is 7.30. The first-order valence-corrected chi connectivity index (χ1v) is 10.4. The summed E-state index contributed by atoms with van der Waals surface area (Å²) in [6.07, 6.45) is 5.90. The molecule has 2 heterocycles. The Morgan fingerprint density at radius 1 is 1.32 bits per heavy atom. The topological polar surface area (TPSA) is 79.4 Å². The summed E-state index contributed by atoms with van der Waals surface area (Å²) in [6, 6.07) is 1.73. The predicted octanol–water partition coefficient (Wildman–Crippen LogP) is 1.64. The number of aromatic nitrogens is 1. The van der Waals surface area contributed by atoms with Gasteiger partial charge in [0.25, 0.3) is 5.91 Å². The maximum atomic E-state index is 12.8. The van der Waals surface area contributed by atoms with Crippen LogP contribution in [0.3, 0.4) is 0 Å². The second-order valence-corrected chi connectivity index (χ2v) is 9.08. The maximum absolute atomic E-state index is 12.8. The standard InChI is InChI=1S/C17H25N3O3S.ClH/c1-11(2)14-9-20(10-16(14)19-24(3,22)23)17(21)13-7-12-5-4-6-15(12)18-8-13;/h7-8,11,14,16,19H,4-6,9-10H2,1-3H3;1H/t14-,16+;/m1./s1. The summed E-state index contributed by atoms with van der Waals surface area (Å²) in [5.74, 6) is 0.354. The van der Waals surface area contributed by atoms with Gasteiger partial charge in [-0.2, -0.15) is 0 Å². The van der Waals surface area contributed by atoms with E-state index in [1.807, 2.05) is 6.07 Å². The van der Waals surface area contributed by atoms with Crippen LogP contribution in [0.4, 0.5) is 0 Å². The van der Waals surface area contributed by atoms with Crippen molar-refractivity contribution in [2.24, 2.45) is 11.8 Å². The minimum absolute atomic E-state index is 0. The van der Waals surface area contributed by atoms with Crippen LogP contribution in [0.25, 0.3) is 0 Å². The number of pyridine rings is 1. The zero-order valence-electron chi connectivity index (χ0n) is 14.9. The van der Waals surface area contributed by atoms with Crippen LogP contribution in [0.15, 0.2) is 12.3 Å². The highest BCUT2D eigenvalue weighted by atomic mass is 35.5. The number of nitrogens with one attached hydrogen (secondary N) is 1. The summed E-state index contributed by atoms with van der Waals surface area (Å²) in [5, 5.41) is 0. The fourth-order valence-corrected chi connectivity index (χ4v) is 4.60. The minimum atomic E-state index is -3.30. The summed E-state index contributed by atoms with van der Waals surface area (Å²) in [7, 11) is -3.30. The average Bonchev–Trinajstić information content (AvgIpc) is 3.10. The number of carbonyl (C=O) groups excluding carboxylic acids is 1. The van der Waals surface area contributed by atoms with Gasteiger partial charge in [-0.05, 0) is 42.7 Å². The molecule has 6 nitrogen and oxygen atoms in total. The van der Waals surface area contributed by atoms with Gasteiger partial charge in [0.2, 0.25) is 10.0 Å². The molecule has 1 aliphatic carbocycles. The molecule has 1 amide bonds. The molecule has 8 heteroatoms. The van der Waals surface area contributed by atoms with Crippen LogP contribution >= 0.6 is 12.4 Å². The molecule has 3 rings (SSSR count). The van der Waals surface area contributed by atoms with E-state index >= 15 is 0 Å². The average molecular weight is 388 g/mol. The lowest BCUT2D eigenvalue weighted by atomic mass is 9.92. The highest BCUT2D eigenvalue weighted by molar-refractivity contribution is 7.88. The van der Waals surface area contributed by atoms with Gasteiger partial charge in [0, 0.05) is 31.0 Å². The van der Waals surface area contributed by atoms with Gasteiger partial charge in [0.1, 0.15) is 0 Å². The number of hydrogen-bond acceptors (Lipinski definition) is 4. The largest absolute Gasteiger partial charge is 0.337 e. The molecule has 1 fully saturated rings. The molecular weight excluding hydrogens is 362 g/mol. The smallest absolute Gasteiger partial charge is 0.255 e. The Labute approximate surface area is 155 Å². The number of nitrogens with zero attached hydrogens (tertiary/aromatic N) is 2. The first-order valence-electron chi connectivity index (χ1n) is 8.49. The summed E-state index contributed by atoms with van der Waals surface area (Å²) in [4.78, 5) is 19.0. The molecule has 0 aromatic carbocycles. The van der Waals surface area contributed by atoms with Crippen molar-refractivity contribution >= 4 is 28.3 Å². The minimum Gasteiger partial charge on any atom is -0.337 e. The Kier molecular flexibility index (Phi) is 6.12. The van der Waals surface area contributed by atoms with E-state index in [0.717, 1.165) is 25.0 Å². The van der Waals surface area contributed by atoms with E-state index in [1.54, 1.807) is 11.1 Å². The second kappa shape index (κ2) is 7.60. The van der Waals surface area contributed by atoms with Crippen LogP contribution in [-0.4, -0.2) is 49.6 Å². The molecule has 1 aliphatic heterocycles. The fourth-order valence-electron chi connectivity index (χ4n) is 3.80. The van der Waals surface area contributed by atoms with Crippen molar-refractivity contribution in [3.63, 3.8) is 0 Å². The predicted molar refractivity (Wildman–Crippen MR) is 99.5 cm³/mol. The molecule has 0 spiro atoms. The van der Waals surface area contributed by atoms with Gasteiger partial charge in [-0.15, -0.1) is 12.4 Å². The van der Waals surface area contributed by atoms with Crippen molar-refractivity contribution in [1.82, 2.24) is 14.6 Å². The SMILES string of the molecule is CC(C)[C@H]1CN(C(=O)c2cnc3c(c2)CCC3)C[C@@H]1NS(C)(=O)=O.Cl. The zero-order chi connectivity index (χ0) is 17.5. The third-order valence-corrected chi connectivity index (χ3v) is 5.77. The van der Waals surface area contributed by atoms with Gasteiger partial charge in [0.15, 0.2) is 0 Å². The Morgan fingerprint density at radius 2 is 2.04 bits per heavy atom. The van der Waals surface area contributed by atoms with Gasteiger partial charge in [-0.25, -0.2) is 13.1 Å². The molecule has 1 aromatic heterocycles. The van der Waals surface area contributed by atoms with Gasteiger partial charge in [-0.3, -0.25) is 9.78 Å². The van der Waals surface area contributed by atoms with Crippen molar-refractivity contribution in [3.05, 3.63) is 29.1 Å². The number of fused-ring (bicyclic) bond motifs is 1. The number of amides is 1. The normalized spacial score (nSPS) is 22.8. The maximum Gasteiger partial charge on any atom is 0.255 e. The van der Waals surface area contributed by atoms with Crippen LogP contribution in [0.5, 0.6) is 0 Å². The molecule has 0 unspecified atom stereocenters. The molecule has 140 valence electrons. The van der Waals surface area contributed by atoms with Crippen molar-refractivity contribution in [2.45, 2.75) is 39.2 Å². The van der Waals surface area contributed by atoms with E-state index in [1.165, 1.54) is 11.8 Å². The Morgan fingerprint density at radius 3 is 2.68 bits per heavy atom. The summed E-state index contributed by atoms with van der Waals surface area (Å²) in [6.45, 7) is 5.10. The number of hydrogen-bond donors (Lipinski definition) is 1. The number of aryl methyl sites for hydroxylation is 2. The number of carbonyl (C=O) groups is 1. The third-order valence-electron chi connectivity index (χ3n) is 5.04. The number of likely N-dealkylation sites (tertiary alicyclic amines) is 1. The monoisotopic (exact) mass is 387 g/mol. The first-order chi connectivity index (χ1) is 11.2. The van der Waals surface area contributed by atoms with E-state index < -0.39 is 10.0 Å². The third kappa shape index (κ3) is 4.51. The van der Waals surface area contributed by atoms with E-state index in [9.17, 15) is 13.2 Å². The molecule has 1 aromatic rings. The Bertz CT molecular complexity index is 752. The molecule has 0 bridgehead atoms. The fraction of sp³-hybridized carbons (Fsp3) is 0.647. The van der Waals surface area contributed by atoms with Crippen LogP contribution < -0.4 is 4.72 Å². The molecular formula is C17H26ClN3O3S. The van der Waals surface area contributed by atoms with Gasteiger partial charge >= 0.3 is 0 Å². The van der Waals surface area contributed by atoms with Crippen LogP contribution in [0, 0.1) is 11.8 Å². The highest BCUT2D eigenvalue weighted by Crippen LogP contribution is 2.27. The van der Waals surface area contributed by atoms with Crippen LogP contribution in [-0.2, 0) is 22.9 Å². The van der Waals surface area contributed by atoms with Crippen molar-refractivity contribution in [2.75, 3.05) is 19.3 Å². The molecule has 1 N–H and O–H groups in total. The van der Waals surface area contributed by atoms with E-state index in [0.29, 0.717) is 24.6 Å². The van der Waals surface area contributed by atoms with Gasteiger partial charge in [-0.1, -0.05) is 13.8 Å². The summed E-state index contributed by atoms with van der Waals surface area (Å²) >= 11 is 0. The number of rotatable bonds is 4. The lowest BCUT2D eigenvalue weighted by molar-refractivity contribution is 0.0782. The molecule has 0 radical (unpaired) electrons. The number of sulfonamides is 1. The number of halogens is 1. The molecule has 1 saturated heterocycles. The van der Waals surface area contributed by atoms with E-state index in [-0.39, 0.29) is 30.3 Å². The first kappa shape index (κ1) is 20.1. The van der Waals surface area contributed by atoms with E-state index in [2.05, 4.69) is 23.6 Å². The lowest BCUT2D eigenvalue weighted by Crippen LogP contribution is -2.41. The van der Waals surface area contributed by atoms with Crippen LogP contribution in [0.1, 0.15) is 41.9 Å². The van der Waals surface area contributed by atoms with Gasteiger partial charge in [0.05, 0.1) is 11.8 Å². The zero-order valence-corrected chi connectivity index (χ0v) is 16.5. The highest BCUT2D eigenvalue weighted by Gasteiger charge is 2.38. The van der Waals surface area contributed by atoms with Crippen molar-refractivity contribution in [3.8, 4) is 0 Å². The molecule has 25 heavy (non-hydrogen) atoms. The van der Waals surface area contributed by atoms with E-state index in [4.69, 9.17) is 0 Å². The van der Waals surface area contributed by atoms with Crippen LogP contribution in [0.2, 0.25) is 0 Å². The van der Waals surface area contributed by atoms with Crippen molar-refractivity contribution in [1.29, 1.82) is 0 Å². The molecule has 2 aliphatic rings. The molecule has 2 atom stereocenters. The van der Waals surface area contributed by atoms with Crippen molar-refractivity contribution < 1.29 is 13.2 Å². The quantitative estimate of drug-likeness (QED) is 0.851. The van der Waals surface area contributed by atoms with Gasteiger partial charge < -0.3 is 4.90 Å². The Balaban J connectivity index is 0.00000225. The Hall–Kier alpha value is -1.18. The summed E-state index contributed by atoms with van der Waals surface area (Å²) in [5.41, 5.74) is 2.88.